The molecular weight excluding hydrogens is 494 g/mol. The molecule has 1 heterocycles. The van der Waals surface area contributed by atoms with E-state index in [4.69, 9.17) is 14.6 Å². The fraction of sp³-hybridized carbons (Fsp3) is 0.370. The first kappa shape index (κ1) is 28.2. The van der Waals surface area contributed by atoms with Gasteiger partial charge in [0, 0.05) is 5.69 Å². The van der Waals surface area contributed by atoms with Crippen LogP contribution < -0.4 is 10.6 Å². The lowest BCUT2D eigenvalue weighted by molar-refractivity contribution is -0.164. The van der Waals surface area contributed by atoms with E-state index in [1.807, 2.05) is 0 Å². The minimum atomic E-state index is -1.15. The van der Waals surface area contributed by atoms with Crippen LogP contribution in [-0.4, -0.2) is 65.2 Å². The van der Waals surface area contributed by atoms with Gasteiger partial charge in [-0.05, 0) is 51.0 Å². The highest BCUT2D eigenvalue weighted by Gasteiger charge is 2.51. The van der Waals surface area contributed by atoms with E-state index in [-0.39, 0.29) is 17.7 Å². The first-order valence-electron chi connectivity index (χ1n) is 12.0. The molecule has 1 aliphatic heterocycles. The van der Waals surface area contributed by atoms with E-state index >= 15 is 0 Å². The van der Waals surface area contributed by atoms with E-state index in [1.54, 1.807) is 51.1 Å². The topological polar surface area (TPSA) is 151 Å². The van der Waals surface area contributed by atoms with Crippen LogP contribution in [0.2, 0.25) is 0 Å². The average Bonchev–Trinajstić information content (AvgIpc) is 3.27. The van der Waals surface area contributed by atoms with Crippen LogP contribution in [0.4, 0.5) is 10.5 Å². The number of amides is 3. The lowest BCUT2D eigenvalue weighted by atomic mass is 9.93. The van der Waals surface area contributed by atoms with Crippen LogP contribution >= 0.6 is 0 Å². The number of nitrogens with zero attached hydrogens (tertiary/aromatic N) is 1. The second kappa shape index (κ2) is 11.8. The van der Waals surface area contributed by atoms with Crippen molar-refractivity contribution in [3.8, 4) is 0 Å². The van der Waals surface area contributed by atoms with Gasteiger partial charge in [0.15, 0.2) is 0 Å². The number of nitrogens with one attached hydrogen (secondary N) is 2. The van der Waals surface area contributed by atoms with Gasteiger partial charge < -0.3 is 30.1 Å². The maximum absolute atomic E-state index is 13.5. The first-order chi connectivity index (χ1) is 17.9. The highest BCUT2D eigenvalue weighted by Crippen LogP contribution is 2.42. The van der Waals surface area contributed by atoms with Gasteiger partial charge in [-0.25, -0.2) is 14.4 Å². The van der Waals surface area contributed by atoms with E-state index in [2.05, 4.69) is 10.6 Å². The number of carboxylic acid groups (broad SMARTS) is 1. The molecule has 3 unspecified atom stereocenters. The second-order valence-electron chi connectivity index (χ2n) is 9.76. The van der Waals surface area contributed by atoms with Crippen molar-refractivity contribution in [3.63, 3.8) is 0 Å². The Balaban J connectivity index is 1.85. The first-order valence-corrected chi connectivity index (χ1v) is 12.0. The number of carbonyl (C=O) groups is 5. The zero-order valence-corrected chi connectivity index (χ0v) is 21.6. The van der Waals surface area contributed by atoms with Gasteiger partial charge in [-0.2, -0.15) is 0 Å². The molecule has 11 nitrogen and oxygen atoms in total. The van der Waals surface area contributed by atoms with Crippen molar-refractivity contribution >= 4 is 35.5 Å². The predicted molar refractivity (Wildman–Crippen MR) is 136 cm³/mol. The van der Waals surface area contributed by atoms with Crippen molar-refractivity contribution in [1.82, 2.24) is 10.2 Å². The van der Waals surface area contributed by atoms with Gasteiger partial charge in [0.05, 0.1) is 31.2 Å². The number of ether oxygens (including phenoxy) is 2. The quantitative estimate of drug-likeness (QED) is 0.467. The zero-order valence-electron chi connectivity index (χ0n) is 21.6. The van der Waals surface area contributed by atoms with Crippen LogP contribution in [0.1, 0.15) is 49.2 Å². The lowest BCUT2D eigenvalue weighted by Crippen LogP contribution is -2.48. The van der Waals surface area contributed by atoms with Gasteiger partial charge in [0.2, 0.25) is 5.91 Å². The Morgan fingerprint density at radius 3 is 2.29 bits per heavy atom. The fourth-order valence-corrected chi connectivity index (χ4v) is 4.35. The largest absolute Gasteiger partial charge is 0.478 e. The minimum absolute atomic E-state index is 0.0128. The summed E-state index contributed by atoms with van der Waals surface area (Å²) >= 11 is 0. The van der Waals surface area contributed by atoms with Crippen LogP contribution in [0.3, 0.4) is 0 Å². The Morgan fingerprint density at radius 2 is 1.68 bits per heavy atom. The Morgan fingerprint density at radius 1 is 1.00 bits per heavy atom. The molecule has 0 spiro atoms. The van der Waals surface area contributed by atoms with Crippen LogP contribution in [0.5, 0.6) is 0 Å². The van der Waals surface area contributed by atoms with Gasteiger partial charge in [-0.1, -0.05) is 36.4 Å². The zero-order chi connectivity index (χ0) is 28.0. The number of benzene rings is 2. The lowest BCUT2D eigenvalue weighted by Gasteiger charge is -2.32. The van der Waals surface area contributed by atoms with Gasteiger partial charge in [-0.3, -0.25) is 9.59 Å². The number of hydrogen-bond donors (Lipinski definition) is 3. The summed E-state index contributed by atoms with van der Waals surface area (Å²) in [6.45, 7) is 4.60. The minimum Gasteiger partial charge on any atom is -0.478 e. The van der Waals surface area contributed by atoms with Gasteiger partial charge in [-0.15, -0.1) is 0 Å². The van der Waals surface area contributed by atoms with Gasteiger partial charge >= 0.3 is 23.9 Å². The predicted octanol–water partition coefficient (Wildman–Crippen LogP) is 2.98. The molecule has 0 radical (unpaired) electrons. The van der Waals surface area contributed by atoms with E-state index in [1.165, 1.54) is 36.3 Å². The molecule has 0 aromatic heterocycles. The fourth-order valence-electron chi connectivity index (χ4n) is 4.35. The van der Waals surface area contributed by atoms with Crippen LogP contribution in [0.25, 0.3) is 0 Å². The van der Waals surface area contributed by atoms with Gasteiger partial charge in [0.1, 0.15) is 11.6 Å². The van der Waals surface area contributed by atoms with E-state index < -0.39 is 60.0 Å². The molecule has 3 N–H and O–H groups in total. The van der Waals surface area contributed by atoms with Crippen molar-refractivity contribution in [2.45, 2.75) is 44.9 Å². The molecule has 3 amide bonds. The number of urea groups is 1. The molecule has 38 heavy (non-hydrogen) atoms. The molecule has 1 aliphatic rings. The summed E-state index contributed by atoms with van der Waals surface area (Å²) in [5, 5.41) is 14.0. The Kier molecular flexibility index (Phi) is 8.72. The SMILES string of the molecule is COC(=O)C1CC(C(=O)OC(C)(C)C)N(C(=O)CNC(=O)Nc2cccc(C(=O)O)c2)C1c1ccccc1. The number of esters is 2. The third-order valence-electron chi connectivity index (χ3n) is 5.87. The molecule has 1 saturated heterocycles. The molecule has 2 aromatic carbocycles. The van der Waals surface area contributed by atoms with Crippen LogP contribution in [0.15, 0.2) is 54.6 Å². The van der Waals surface area contributed by atoms with Crippen LogP contribution in [-0.2, 0) is 23.9 Å². The number of hydrogen-bond acceptors (Lipinski definition) is 7. The summed E-state index contributed by atoms with van der Waals surface area (Å²) in [6.07, 6.45) is -0.0128. The summed E-state index contributed by atoms with van der Waals surface area (Å²) in [5.74, 6) is -3.86. The monoisotopic (exact) mass is 525 g/mol. The standard InChI is InChI=1S/C27H31N3O8/c1-27(2,3)38-25(35)20-14-19(24(34)37-4)22(16-9-6-5-7-10-16)30(20)21(31)15-28-26(36)29-18-12-8-11-17(13-18)23(32)33/h5-13,19-20,22H,14-15H2,1-4H3,(H,32,33)(H2,28,29,36). The van der Waals surface area contributed by atoms with Crippen molar-refractivity contribution in [2.75, 3.05) is 19.0 Å². The third kappa shape index (κ3) is 6.87. The summed E-state index contributed by atoms with van der Waals surface area (Å²) in [5.41, 5.74) is -0.0106. The van der Waals surface area contributed by atoms with Crippen molar-refractivity contribution in [3.05, 3.63) is 65.7 Å². The Hall–Kier alpha value is -4.41. The van der Waals surface area contributed by atoms with Crippen molar-refractivity contribution in [2.24, 2.45) is 5.92 Å². The molecule has 2 aromatic rings. The number of anilines is 1. The molecule has 3 rings (SSSR count). The normalized spacial score (nSPS) is 18.8. The van der Waals surface area contributed by atoms with E-state index in [9.17, 15) is 24.0 Å². The number of aromatic carboxylic acids is 1. The molecule has 0 aliphatic carbocycles. The Labute approximate surface area is 220 Å². The molecule has 11 heteroatoms. The van der Waals surface area contributed by atoms with Crippen molar-refractivity contribution in [1.29, 1.82) is 0 Å². The number of likely N-dealkylation sites (tertiary alicyclic amines) is 1. The summed E-state index contributed by atoms with van der Waals surface area (Å²) in [6, 6.07) is 11.7. The Bertz CT molecular complexity index is 1210. The van der Waals surface area contributed by atoms with E-state index in [0.717, 1.165) is 0 Å². The highest BCUT2D eigenvalue weighted by atomic mass is 16.6. The second-order valence-corrected chi connectivity index (χ2v) is 9.76. The smallest absolute Gasteiger partial charge is 0.335 e. The highest BCUT2D eigenvalue weighted by molar-refractivity contribution is 5.95. The number of methoxy groups -OCH3 is 1. The molecular formula is C27H31N3O8. The number of carbonyl (C=O) groups excluding carboxylic acids is 4. The maximum Gasteiger partial charge on any atom is 0.335 e. The third-order valence-corrected chi connectivity index (χ3v) is 5.87. The molecule has 0 saturated carbocycles. The van der Waals surface area contributed by atoms with E-state index in [0.29, 0.717) is 5.56 Å². The maximum atomic E-state index is 13.5. The van der Waals surface area contributed by atoms with Gasteiger partial charge in [0.25, 0.3) is 0 Å². The van der Waals surface area contributed by atoms with Crippen molar-refractivity contribution < 1.29 is 38.6 Å². The molecule has 0 bridgehead atoms. The van der Waals surface area contributed by atoms with Crippen LogP contribution in [0, 0.1) is 5.92 Å². The summed E-state index contributed by atoms with van der Waals surface area (Å²) in [7, 11) is 1.24. The summed E-state index contributed by atoms with van der Waals surface area (Å²) < 4.78 is 10.5. The molecule has 3 atom stereocenters. The average molecular weight is 526 g/mol. The number of rotatable bonds is 7. The summed E-state index contributed by atoms with van der Waals surface area (Å²) in [4.78, 5) is 64.3. The number of carboxylic acids is 1. The molecule has 202 valence electrons. The molecule has 1 fully saturated rings.